The molecule has 24 heavy (non-hydrogen) atoms. The van der Waals surface area contributed by atoms with E-state index in [1.54, 1.807) is 0 Å². The van der Waals surface area contributed by atoms with Crippen molar-refractivity contribution < 1.29 is 19.7 Å². The summed E-state index contributed by atoms with van der Waals surface area (Å²) in [6.45, 7) is 1.51. The molecule has 3 atom stereocenters. The van der Waals surface area contributed by atoms with Crippen molar-refractivity contribution in [3.8, 4) is 0 Å². The Hall–Kier alpha value is -1.13. The van der Waals surface area contributed by atoms with Gasteiger partial charge < -0.3 is 14.9 Å². The molecule has 0 radical (unpaired) electrons. The molecule has 0 aromatic heterocycles. The third kappa shape index (κ3) is 6.78. The maximum absolute atomic E-state index is 10.5. The maximum atomic E-state index is 10.5. The van der Waals surface area contributed by atoms with E-state index in [-0.39, 0.29) is 12.5 Å². The molecule has 2 aliphatic rings. The fourth-order valence-electron chi connectivity index (χ4n) is 3.72. The van der Waals surface area contributed by atoms with Crippen LogP contribution in [0.15, 0.2) is 24.3 Å². The van der Waals surface area contributed by atoms with E-state index < -0.39 is 5.97 Å². The van der Waals surface area contributed by atoms with Gasteiger partial charge >= 0.3 is 5.97 Å². The van der Waals surface area contributed by atoms with E-state index in [0.717, 1.165) is 38.9 Å². The fraction of sp³-hybridized carbons (Fsp3) is 0.750. The standard InChI is InChI=1S/C20H32O4/c21-19(16-8-5-3-6-9-16)13-12-18-15-24-14-17(18)10-4-1-2-7-11-20(22)23/h1,4,12-13,16-19,21H,2-3,5-11,14-15H2,(H,22,23)/t17-,18-,19?/m0/s1. The van der Waals surface area contributed by atoms with Crippen LogP contribution >= 0.6 is 0 Å². The van der Waals surface area contributed by atoms with E-state index in [9.17, 15) is 9.90 Å². The first-order chi connectivity index (χ1) is 11.7. The van der Waals surface area contributed by atoms with Crippen LogP contribution in [0.5, 0.6) is 0 Å². The number of rotatable bonds is 9. The Labute approximate surface area is 145 Å². The normalized spacial score (nSPS) is 27.2. The van der Waals surface area contributed by atoms with Crippen molar-refractivity contribution in [2.45, 2.75) is 63.9 Å². The zero-order valence-electron chi connectivity index (χ0n) is 14.6. The summed E-state index contributed by atoms with van der Waals surface area (Å²) in [7, 11) is 0. The molecule has 136 valence electrons. The van der Waals surface area contributed by atoms with Gasteiger partial charge in [-0.15, -0.1) is 0 Å². The number of carboxylic acids is 1. The Morgan fingerprint density at radius 1 is 1.17 bits per heavy atom. The molecule has 0 amide bonds. The minimum atomic E-state index is -0.727. The lowest BCUT2D eigenvalue weighted by Crippen LogP contribution is -2.21. The fourth-order valence-corrected chi connectivity index (χ4v) is 3.72. The average Bonchev–Trinajstić information content (AvgIpc) is 3.03. The van der Waals surface area contributed by atoms with E-state index >= 15 is 0 Å². The molecule has 4 heteroatoms. The highest BCUT2D eigenvalue weighted by Crippen LogP contribution is 2.29. The number of aliphatic hydroxyl groups excluding tert-OH is 1. The van der Waals surface area contributed by atoms with E-state index in [1.807, 2.05) is 6.08 Å². The summed E-state index contributed by atoms with van der Waals surface area (Å²) in [6, 6.07) is 0. The molecule has 2 N–H and O–H groups in total. The van der Waals surface area contributed by atoms with Gasteiger partial charge in [0.15, 0.2) is 0 Å². The predicted molar refractivity (Wildman–Crippen MR) is 94.8 cm³/mol. The zero-order valence-corrected chi connectivity index (χ0v) is 14.6. The molecule has 1 aliphatic heterocycles. The molecule has 0 aromatic rings. The van der Waals surface area contributed by atoms with Gasteiger partial charge in [0.1, 0.15) is 0 Å². The highest BCUT2D eigenvalue weighted by Gasteiger charge is 2.26. The highest BCUT2D eigenvalue weighted by molar-refractivity contribution is 5.66. The molecule has 1 unspecified atom stereocenters. The van der Waals surface area contributed by atoms with E-state index in [2.05, 4.69) is 18.2 Å². The van der Waals surface area contributed by atoms with Crippen LogP contribution in [0.1, 0.15) is 57.8 Å². The molecule has 1 saturated carbocycles. The van der Waals surface area contributed by atoms with Crippen LogP contribution in [0.2, 0.25) is 0 Å². The van der Waals surface area contributed by atoms with Crippen molar-refractivity contribution in [1.82, 2.24) is 0 Å². The number of aliphatic carboxylic acids is 1. The van der Waals surface area contributed by atoms with E-state index in [1.165, 1.54) is 19.3 Å². The van der Waals surface area contributed by atoms with E-state index in [0.29, 0.717) is 24.2 Å². The zero-order chi connectivity index (χ0) is 17.2. The lowest BCUT2D eigenvalue weighted by molar-refractivity contribution is -0.137. The number of hydrogen-bond donors (Lipinski definition) is 2. The lowest BCUT2D eigenvalue weighted by Gasteiger charge is -2.25. The Kier molecular flexibility index (Phi) is 8.54. The molecule has 0 bridgehead atoms. The number of hydrogen-bond acceptors (Lipinski definition) is 3. The van der Waals surface area contributed by atoms with Crippen molar-refractivity contribution in [3.63, 3.8) is 0 Å². The van der Waals surface area contributed by atoms with Gasteiger partial charge in [0.05, 0.1) is 19.3 Å². The van der Waals surface area contributed by atoms with Gasteiger partial charge in [0.25, 0.3) is 0 Å². The largest absolute Gasteiger partial charge is 0.481 e. The Morgan fingerprint density at radius 2 is 1.96 bits per heavy atom. The molecule has 0 aromatic carbocycles. The summed E-state index contributed by atoms with van der Waals surface area (Å²) < 4.78 is 5.61. The van der Waals surface area contributed by atoms with Gasteiger partial charge in [-0.3, -0.25) is 4.79 Å². The number of unbranched alkanes of at least 4 members (excludes halogenated alkanes) is 1. The van der Waals surface area contributed by atoms with Crippen molar-refractivity contribution in [2.24, 2.45) is 17.8 Å². The first-order valence-corrected chi connectivity index (χ1v) is 9.47. The second kappa shape index (κ2) is 10.7. The van der Waals surface area contributed by atoms with Crippen molar-refractivity contribution >= 4 is 5.97 Å². The molecule has 1 aliphatic carbocycles. The smallest absolute Gasteiger partial charge is 0.303 e. The van der Waals surface area contributed by atoms with Crippen molar-refractivity contribution in [1.29, 1.82) is 0 Å². The van der Waals surface area contributed by atoms with E-state index in [4.69, 9.17) is 9.84 Å². The van der Waals surface area contributed by atoms with Crippen LogP contribution in [0.4, 0.5) is 0 Å². The molecule has 4 nitrogen and oxygen atoms in total. The van der Waals surface area contributed by atoms with Crippen molar-refractivity contribution in [3.05, 3.63) is 24.3 Å². The van der Waals surface area contributed by atoms with Crippen LogP contribution in [0.25, 0.3) is 0 Å². The second-order valence-electron chi connectivity index (χ2n) is 7.23. The van der Waals surface area contributed by atoms with Gasteiger partial charge in [-0.2, -0.15) is 0 Å². The Morgan fingerprint density at radius 3 is 2.71 bits per heavy atom. The molecule has 1 saturated heterocycles. The number of aliphatic hydroxyl groups is 1. The molecule has 1 heterocycles. The molecular weight excluding hydrogens is 304 g/mol. The maximum Gasteiger partial charge on any atom is 0.303 e. The molecule has 2 rings (SSSR count). The minimum Gasteiger partial charge on any atom is -0.481 e. The highest BCUT2D eigenvalue weighted by atomic mass is 16.5. The molecule has 0 spiro atoms. The summed E-state index contributed by atoms with van der Waals surface area (Å²) in [4.78, 5) is 10.5. The Balaban J connectivity index is 1.70. The molecule has 2 fully saturated rings. The van der Waals surface area contributed by atoms with Crippen LogP contribution in [0, 0.1) is 17.8 Å². The van der Waals surface area contributed by atoms with Crippen LogP contribution < -0.4 is 0 Å². The average molecular weight is 336 g/mol. The summed E-state index contributed by atoms with van der Waals surface area (Å²) in [5.41, 5.74) is 0. The summed E-state index contributed by atoms with van der Waals surface area (Å²) in [6.07, 6.45) is 16.9. The number of carboxylic acid groups (broad SMARTS) is 1. The minimum absolute atomic E-state index is 0.237. The third-order valence-electron chi connectivity index (χ3n) is 5.30. The summed E-state index contributed by atoms with van der Waals surface area (Å²) in [5, 5.41) is 19.0. The Bertz CT molecular complexity index is 423. The SMILES string of the molecule is O=C(O)CCCC=CC[C@H]1COC[C@@H]1C=CC(O)C1CCCCC1. The van der Waals surface area contributed by atoms with Crippen LogP contribution in [-0.4, -0.2) is 35.5 Å². The number of carbonyl (C=O) groups is 1. The first kappa shape index (κ1) is 19.2. The monoisotopic (exact) mass is 336 g/mol. The van der Waals surface area contributed by atoms with Gasteiger partial charge in [0.2, 0.25) is 0 Å². The van der Waals surface area contributed by atoms with Crippen LogP contribution in [-0.2, 0) is 9.53 Å². The van der Waals surface area contributed by atoms with Gasteiger partial charge in [-0.1, -0.05) is 43.6 Å². The lowest BCUT2D eigenvalue weighted by atomic mass is 9.84. The van der Waals surface area contributed by atoms with Gasteiger partial charge in [0, 0.05) is 12.3 Å². The summed E-state index contributed by atoms with van der Waals surface area (Å²) >= 11 is 0. The first-order valence-electron chi connectivity index (χ1n) is 9.47. The van der Waals surface area contributed by atoms with Crippen molar-refractivity contribution in [2.75, 3.05) is 13.2 Å². The topological polar surface area (TPSA) is 66.8 Å². The second-order valence-corrected chi connectivity index (χ2v) is 7.23. The van der Waals surface area contributed by atoms with Crippen LogP contribution in [0.3, 0.4) is 0 Å². The third-order valence-corrected chi connectivity index (χ3v) is 5.30. The summed E-state index contributed by atoms with van der Waals surface area (Å²) in [5.74, 6) is 0.557. The molecular formula is C20H32O4. The number of allylic oxidation sites excluding steroid dienone is 2. The van der Waals surface area contributed by atoms with Gasteiger partial charge in [-0.25, -0.2) is 0 Å². The van der Waals surface area contributed by atoms with Gasteiger partial charge in [-0.05, 0) is 43.9 Å². The number of ether oxygens (including phenoxy) is 1. The predicted octanol–water partition coefficient (Wildman–Crippen LogP) is 3.95. The quantitative estimate of drug-likeness (QED) is 0.494.